The smallest absolute Gasteiger partial charge is 0.0595 e. The minimum Gasteiger partial charge on any atom is -0.316 e. The lowest BCUT2D eigenvalue weighted by Gasteiger charge is -2.47. The maximum atomic E-state index is 6.16. The highest BCUT2D eigenvalue weighted by Gasteiger charge is 2.46. The summed E-state index contributed by atoms with van der Waals surface area (Å²) in [7, 11) is 0. The zero-order valence-corrected chi connectivity index (χ0v) is 11.3. The summed E-state index contributed by atoms with van der Waals surface area (Å²) in [6.07, 6.45) is 5.24. The van der Waals surface area contributed by atoms with Crippen LogP contribution in [-0.4, -0.2) is 13.1 Å². The van der Waals surface area contributed by atoms with Crippen LogP contribution in [0.2, 0.25) is 10.0 Å². The van der Waals surface area contributed by atoms with Gasteiger partial charge in [0.25, 0.3) is 0 Å². The standard InChI is InChI=1S/C14H17Cl2N/c15-12-3-2-10(8-13(12)16)14(5-1-6-14)11-4-7-17-9-11/h2-3,8,11,17H,1,4-7,9H2. The maximum absolute atomic E-state index is 6.16. The van der Waals surface area contributed by atoms with Gasteiger partial charge < -0.3 is 5.32 Å². The van der Waals surface area contributed by atoms with Crippen molar-refractivity contribution in [3.05, 3.63) is 33.8 Å². The lowest BCUT2D eigenvalue weighted by molar-refractivity contribution is 0.157. The number of hydrogen-bond donors (Lipinski definition) is 1. The first-order valence-electron chi connectivity index (χ1n) is 6.39. The molecule has 1 aromatic carbocycles. The molecule has 0 aromatic heterocycles. The summed E-state index contributed by atoms with van der Waals surface area (Å²) in [6, 6.07) is 6.20. The van der Waals surface area contributed by atoms with Crippen LogP contribution in [0.3, 0.4) is 0 Å². The fourth-order valence-electron chi connectivity index (χ4n) is 3.42. The Balaban J connectivity index is 1.96. The Morgan fingerprint density at radius 2 is 2.00 bits per heavy atom. The minimum atomic E-state index is 0.373. The van der Waals surface area contributed by atoms with Crippen LogP contribution in [0, 0.1) is 5.92 Å². The summed E-state index contributed by atoms with van der Waals surface area (Å²) in [5, 5.41) is 4.84. The van der Waals surface area contributed by atoms with Gasteiger partial charge in [-0.1, -0.05) is 35.7 Å². The predicted octanol–water partition coefficient (Wildman–Crippen LogP) is 4.02. The fraction of sp³-hybridized carbons (Fsp3) is 0.571. The number of nitrogens with one attached hydrogen (secondary N) is 1. The molecule has 1 aromatic rings. The van der Waals surface area contributed by atoms with Gasteiger partial charge in [-0.3, -0.25) is 0 Å². The third-order valence-electron chi connectivity index (χ3n) is 4.58. The normalized spacial score (nSPS) is 26.8. The van der Waals surface area contributed by atoms with Gasteiger partial charge in [0.15, 0.2) is 0 Å². The van der Waals surface area contributed by atoms with Gasteiger partial charge in [-0.2, -0.15) is 0 Å². The molecule has 2 fully saturated rings. The van der Waals surface area contributed by atoms with E-state index in [-0.39, 0.29) is 0 Å². The van der Waals surface area contributed by atoms with E-state index in [9.17, 15) is 0 Å². The highest BCUT2D eigenvalue weighted by Crippen LogP contribution is 2.51. The second-order valence-corrected chi connectivity index (χ2v) is 6.14. The second-order valence-electron chi connectivity index (χ2n) is 5.33. The summed E-state index contributed by atoms with van der Waals surface area (Å²) >= 11 is 12.2. The quantitative estimate of drug-likeness (QED) is 0.855. The number of rotatable bonds is 2. The van der Waals surface area contributed by atoms with Crippen molar-refractivity contribution < 1.29 is 0 Å². The van der Waals surface area contributed by atoms with Crippen LogP contribution in [0.5, 0.6) is 0 Å². The first kappa shape index (κ1) is 11.8. The van der Waals surface area contributed by atoms with E-state index in [0.717, 1.165) is 19.0 Å². The van der Waals surface area contributed by atoms with Crippen molar-refractivity contribution in [3.63, 3.8) is 0 Å². The molecule has 1 nitrogen and oxygen atoms in total. The molecule has 3 heteroatoms. The van der Waals surface area contributed by atoms with E-state index in [1.807, 2.05) is 6.07 Å². The molecule has 3 rings (SSSR count). The highest BCUT2D eigenvalue weighted by atomic mass is 35.5. The molecule has 1 saturated carbocycles. The van der Waals surface area contributed by atoms with Gasteiger partial charge in [0, 0.05) is 0 Å². The molecular formula is C14H17Cl2N. The molecule has 0 spiro atoms. The molecule has 0 amide bonds. The highest BCUT2D eigenvalue weighted by molar-refractivity contribution is 6.42. The molecule has 1 aliphatic carbocycles. The third kappa shape index (κ3) is 1.89. The van der Waals surface area contributed by atoms with Crippen LogP contribution >= 0.6 is 23.2 Å². The SMILES string of the molecule is Clc1ccc(C2(C3CCNC3)CCC2)cc1Cl. The Labute approximate surface area is 112 Å². The molecular weight excluding hydrogens is 253 g/mol. The topological polar surface area (TPSA) is 12.0 Å². The van der Waals surface area contributed by atoms with Crippen LogP contribution in [0.4, 0.5) is 0 Å². The molecule has 1 unspecified atom stereocenters. The summed E-state index contributed by atoms with van der Waals surface area (Å²) in [6.45, 7) is 2.31. The van der Waals surface area contributed by atoms with Crippen LogP contribution in [0.15, 0.2) is 18.2 Å². The summed E-state index contributed by atoms with van der Waals surface area (Å²) < 4.78 is 0. The largest absolute Gasteiger partial charge is 0.316 e. The predicted molar refractivity (Wildman–Crippen MR) is 73.0 cm³/mol. The van der Waals surface area contributed by atoms with Crippen molar-refractivity contribution in [1.82, 2.24) is 5.32 Å². The van der Waals surface area contributed by atoms with Crippen molar-refractivity contribution >= 4 is 23.2 Å². The second kappa shape index (κ2) is 4.46. The van der Waals surface area contributed by atoms with Gasteiger partial charge in [-0.15, -0.1) is 0 Å². The molecule has 0 radical (unpaired) electrons. The van der Waals surface area contributed by atoms with E-state index in [4.69, 9.17) is 23.2 Å². The van der Waals surface area contributed by atoms with Crippen molar-refractivity contribution in [2.45, 2.75) is 31.1 Å². The Kier molecular flexibility index (Phi) is 3.10. The summed E-state index contributed by atoms with van der Waals surface area (Å²) in [5.74, 6) is 0.772. The van der Waals surface area contributed by atoms with E-state index in [0.29, 0.717) is 15.5 Å². The average Bonchev–Trinajstić information content (AvgIpc) is 2.75. The number of halogens is 2. The minimum absolute atomic E-state index is 0.373. The molecule has 1 heterocycles. The lowest BCUT2D eigenvalue weighted by Crippen LogP contribution is -2.42. The van der Waals surface area contributed by atoms with Gasteiger partial charge >= 0.3 is 0 Å². The van der Waals surface area contributed by atoms with Crippen LogP contribution in [0.1, 0.15) is 31.2 Å². The Bertz CT molecular complexity index is 420. The molecule has 92 valence electrons. The molecule has 2 aliphatic rings. The Morgan fingerprint density at radius 3 is 2.53 bits per heavy atom. The molecule has 0 bridgehead atoms. The fourth-order valence-corrected chi connectivity index (χ4v) is 3.72. The van der Waals surface area contributed by atoms with E-state index < -0.39 is 0 Å². The summed E-state index contributed by atoms with van der Waals surface area (Å²) in [4.78, 5) is 0. The van der Waals surface area contributed by atoms with Crippen LogP contribution in [-0.2, 0) is 5.41 Å². The van der Waals surface area contributed by atoms with Crippen LogP contribution < -0.4 is 5.32 Å². The zero-order chi connectivity index (χ0) is 11.9. The lowest BCUT2D eigenvalue weighted by atomic mass is 9.57. The molecule has 1 saturated heterocycles. The van der Waals surface area contributed by atoms with E-state index in [1.54, 1.807) is 0 Å². The Hall–Kier alpha value is -0.240. The van der Waals surface area contributed by atoms with Gasteiger partial charge in [0.1, 0.15) is 0 Å². The maximum Gasteiger partial charge on any atom is 0.0595 e. The average molecular weight is 270 g/mol. The van der Waals surface area contributed by atoms with E-state index >= 15 is 0 Å². The summed E-state index contributed by atoms with van der Waals surface area (Å²) in [5.41, 5.74) is 1.77. The molecule has 17 heavy (non-hydrogen) atoms. The van der Waals surface area contributed by atoms with E-state index in [1.165, 1.54) is 31.2 Å². The molecule has 1 N–H and O–H groups in total. The first-order chi connectivity index (χ1) is 8.22. The molecule has 1 atom stereocenters. The van der Waals surface area contributed by atoms with Crippen molar-refractivity contribution in [2.24, 2.45) is 5.92 Å². The van der Waals surface area contributed by atoms with Gasteiger partial charge in [0.05, 0.1) is 10.0 Å². The van der Waals surface area contributed by atoms with E-state index in [2.05, 4.69) is 17.4 Å². The van der Waals surface area contributed by atoms with Crippen molar-refractivity contribution in [1.29, 1.82) is 0 Å². The van der Waals surface area contributed by atoms with Crippen molar-refractivity contribution in [3.8, 4) is 0 Å². The monoisotopic (exact) mass is 269 g/mol. The number of benzene rings is 1. The van der Waals surface area contributed by atoms with Gasteiger partial charge in [0.2, 0.25) is 0 Å². The van der Waals surface area contributed by atoms with Crippen LogP contribution in [0.25, 0.3) is 0 Å². The van der Waals surface area contributed by atoms with Gasteiger partial charge in [-0.05, 0) is 61.4 Å². The first-order valence-corrected chi connectivity index (χ1v) is 7.14. The third-order valence-corrected chi connectivity index (χ3v) is 5.32. The zero-order valence-electron chi connectivity index (χ0n) is 9.81. The van der Waals surface area contributed by atoms with Crippen molar-refractivity contribution in [2.75, 3.05) is 13.1 Å². The Morgan fingerprint density at radius 1 is 1.18 bits per heavy atom. The number of hydrogen-bond acceptors (Lipinski definition) is 1. The molecule has 1 aliphatic heterocycles. The van der Waals surface area contributed by atoms with Gasteiger partial charge in [-0.25, -0.2) is 0 Å².